The van der Waals surface area contributed by atoms with E-state index in [1.54, 1.807) is 164 Å². The Bertz CT molecular complexity index is 2350. The number of ketones is 3. The highest BCUT2D eigenvalue weighted by molar-refractivity contribution is 6.19. The van der Waals surface area contributed by atoms with Crippen molar-refractivity contribution in [3.8, 4) is 0 Å². The van der Waals surface area contributed by atoms with Gasteiger partial charge in [-0.05, 0) is 54.6 Å². The minimum Gasteiger partial charge on any atom is -0.321 e. The molecular weight excluding hydrogens is 715 g/mol. The minimum atomic E-state index is -0.702. The third-order valence-electron chi connectivity index (χ3n) is 9.09. The van der Waals surface area contributed by atoms with Gasteiger partial charge in [0, 0.05) is 50.1 Å². The number of anilines is 3. The molecule has 0 atom stereocenters. The number of benzene rings is 7. The first-order chi connectivity index (χ1) is 27.8. The van der Waals surface area contributed by atoms with Gasteiger partial charge >= 0.3 is 0 Å². The molecule has 7 rings (SSSR count). The summed E-state index contributed by atoms with van der Waals surface area (Å²) in [5.74, 6) is -3.05. The molecule has 0 aromatic heterocycles. The molecule has 9 nitrogen and oxygen atoms in total. The predicted octanol–water partition coefficient (Wildman–Crippen LogP) is 9.14. The van der Waals surface area contributed by atoms with Crippen molar-refractivity contribution in [3.63, 3.8) is 0 Å². The van der Waals surface area contributed by atoms with E-state index in [-0.39, 0.29) is 67.8 Å². The molecule has 0 saturated heterocycles. The maximum atomic E-state index is 14.0. The van der Waals surface area contributed by atoms with Gasteiger partial charge in [-0.2, -0.15) is 0 Å². The van der Waals surface area contributed by atoms with Crippen LogP contribution < -0.4 is 16.0 Å². The fourth-order valence-corrected chi connectivity index (χ4v) is 6.21. The van der Waals surface area contributed by atoms with Gasteiger partial charge in [0.05, 0.1) is 17.1 Å². The summed E-state index contributed by atoms with van der Waals surface area (Å²) < 4.78 is 0. The van der Waals surface area contributed by atoms with Crippen molar-refractivity contribution in [2.45, 2.75) is 0 Å². The first-order valence-electron chi connectivity index (χ1n) is 17.9. The summed E-state index contributed by atoms with van der Waals surface area (Å²) in [5.41, 5.74) is 2.44. The molecule has 57 heavy (non-hydrogen) atoms. The van der Waals surface area contributed by atoms with E-state index in [0.29, 0.717) is 16.7 Å². The van der Waals surface area contributed by atoms with Crippen LogP contribution in [0, 0.1) is 0 Å². The van der Waals surface area contributed by atoms with Crippen LogP contribution in [0.25, 0.3) is 0 Å². The Labute approximate surface area is 328 Å². The summed E-state index contributed by atoms with van der Waals surface area (Å²) in [6.45, 7) is 0. The van der Waals surface area contributed by atoms with Crippen molar-refractivity contribution in [1.29, 1.82) is 0 Å². The molecular formula is C48H33N3O6. The highest BCUT2D eigenvalue weighted by atomic mass is 16.2. The Morgan fingerprint density at radius 2 is 0.491 bits per heavy atom. The van der Waals surface area contributed by atoms with Crippen molar-refractivity contribution >= 4 is 52.1 Å². The number of amides is 3. The van der Waals surface area contributed by atoms with Crippen LogP contribution >= 0.6 is 0 Å². The van der Waals surface area contributed by atoms with Crippen LogP contribution in [0.5, 0.6) is 0 Å². The predicted molar refractivity (Wildman–Crippen MR) is 219 cm³/mol. The molecule has 7 aromatic carbocycles. The maximum Gasteiger partial charge on any atom is 0.255 e. The van der Waals surface area contributed by atoms with Gasteiger partial charge < -0.3 is 16.0 Å². The highest BCUT2D eigenvalue weighted by Crippen LogP contribution is 2.25. The summed E-state index contributed by atoms with van der Waals surface area (Å²) in [4.78, 5) is 82.4. The van der Waals surface area contributed by atoms with Gasteiger partial charge in [-0.15, -0.1) is 0 Å². The standard InChI is InChI=1S/C48H33N3O6/c52-43(31-16-4-1-5-17-31)37-22-10-13-25-40(37)49-46(55)34-28-35(47(56)50-41-26-14-11-23-38(41)44(53)32-18-6-2-7-19-32)30-36(29-34)48(57)51-42-27-15-12-24-39(42)45(54)33-20-8-3-9-21-33/h1-30H,(H,49,55)(H,50,56)(H,51,57). The summed E-state index contributed by atoms with van der Waals surface area (Å²) in [6, 6.07) is 49.4. The Morgan fingerprint density at radius 1 is 0.263 bits per heavy atom. The Morgan fingerprint density at radius 3 is 0.754 bits per heavy atom. The SMILES string of the molecule is O=C(Nc1ccccc1C(=O)c1ccccc1)c1cc(C(=O)Nc2ccccc2C(=O)c2ccccc2)cc(C(=O)Nc2ccccc2C(=O)c2ccccc2)c1. The average Bonchev–Trinajstić information content (AvgIpc) is 3.27. The molecule has 0 heterocycles. The van der Waals surface area contributed by atoms with Gasteiger partial charge in [-0.3, -0.25) is 28.8 Å². The first kappa shape index (κ1) is 37.3. The maximum absolute atomic E-state index is 14.0. The van der Waals surface area contributed by atoms with Crippen LogP contribution in [-0.2, 0) is 0 Å². The van der Waals surface area contributed by atoms with E-state index in [0.717, 1.165) is 0 Å². The summed E-state index contributed by atoms with van der Waals surface area (Å²) in [6.07, 6.45) is 0. The van der Waals surface area contributed by atoms with Crippen LogP contribution in [0.15, 0.2) is 182 Å². The molecule has 276 valence electrons. The van der Waals surface area contributed by atoms with Crippen LogP contribution in [0.2, 0.25) is 0 Å². The molecule has 9 heteroatoms. The molecule has 0 bridgehead atoms. The largest absolute Gasteiger partial charge is 0.321 e. The topological polar surface area (TPSA) is 139 Å². The zero-order valence-corrected chi connectivity index (χ0v) is 30.3. The van der Waals surface area contributed by atoms with Crippen molar-refractivity contribution in [2.24, 2.45) is 0 Å². The second-order valence-corrected chi connectivity index (χ2v) is 12.9. The molecule has 7 aromatic rings. The van der Waals surface area contributed by atoms with E-state index in [1.807, 2.05) is 0 Å². The third-order valence-corrected chi connectivity index (χ3v) is 9.09. The van der Waals surface area contributed by atoms with E-state index >= 15 is 0 Å². The van der Waals surface area contributed by atoms with Crippen LogP contribution in [0.1, 0.15) is 78.8 Å². The summed E-state index contributed by atoms with van der Waals surface area (Å²) in [5, 5.41) is 8.34. The fraction of sp³-hybridized carbons (Fsp3) is 0. The molecule has 3 N–H and O–H groups in total. The summed E-state index contributed by atoms with van der Waals surface area (Å²) >= 11 is 0. The number of carbonyl (C=O) groups is 6. The van der Waals surface area contributed by atoms with E-state index in [2.05, 4.69) is 16.0 Å². The van der Waals surface area contributed by atoms with Crippen molar-refractivity contribution < 1.29 is 28.8 Å². The number of rotatable bonds is 12. The van der Waals surface area contributed by atoms with Gasteiger partial charge in [-0.1, -0.05) is 127 Å². The average molecular weight is 748 g/mol. The second kappa shape index (κ2) is 17.0. The monoisotopic (exact) mass is 747 g/mol. The van der Waals surface area contributed by atoms with Gasteiger partial charge in [0.1, 0.15) is 0 Å². The number of hydrogen-bond acceptors (Lipinski definition) is 6. The lowest BCUT2D eigenvalue weighted by atomic mass is 9.99. The zero-order chi connectivity index (χ0) is 39.7. The second-order valence-electron chi connectivity index (χ2n) is 12.9. The van der Waals surface area contributed by atoms with Gasteiger partial charge in [0.15, 0.2) is 17.3 Å². The number of para-hydroxylation sites is 3. The third kappa shape index (κ3) is 8.53. The van der Waals surface area contributed by atoms with Gasteiger partial charge in [-0.25, -0.2) is 0 Å². The van der Waals surface area contributed by atoms with Crippen LogP contribution in [0.4, 0.5) is 17.1 Å². The normalized spacial score (nSPS) is 10.5. The van der Waals surface area contributed by atoms with Crippen molar-refractivity contribution in [2.75, 3.05) is 16.0 Å². The smallest absolute Gasteiger partial charge is 0.255 e. The molecule has 0 radical (unpaired) electrons. The lowest BCUT2D eigenvalue weighted by Gasteiger charge is -2.15. The van der Waals surface area contributed by atoms with E-state index < -0.39 is 17.7 Å². The lowest BCUT2D eigenvalue weighted by Crippen LogP contribution is -2.21. The molecule has 0 saturated carbocycles. The number of carbonyl (C=O) groups excluding carboxylic acids is 6. The molecule has 0 spiro atoms. The van der Waals surface area contributed by atoms with Crippen LogP contribution in [-0.4, -0.2) is 35.1 Å². The molecule has 0 aliphatic carbocycles. The highest BCUT2D eigenvalue weighted by Gasteiger charge is 2.22. The van der Waals surface area contributed by atoms with E-state index in [9.17, 15) is 28.8 Å². The fourth-order valence-electron chi connectivity index (χ4n) is 6.21. The van der Waals surface area contributed by atoms with E-state index in [1.165, 1.54) is 18.2 Å². The minimum absolute atomic E-state index is 0.0722. The van der Waals surface area contributed by atoms with Crippen molar-refractivity contribution in [3.05, 3.63) is 232 Å². The molecule has 0 aliphatic rings. The van der Waals surface area contributed by atoms with Gasteiger partial charge in [0.2, 0.25) is 0 Å². The van der Waals surface area contributed by atoms with Gasteiger partial charge in [0.25, 0.3) is 17.7 Å². The molecule has 0 aliphatic heterocycles. The zero-order valence-electron chi connectivity index (χ0n) is 30.3. The molecule has 0 fully saturated rings. The Kier molecular flexibility index (Phi) is 11.1. The number of nitrogens with one attached hydrogen (secondary N) is 3. The molecule has 0 unspecified atom stereocenters. The summed E-state index contributed by atoms with van der Waals surface area (Å²) in [7, 11) is 0. The van der Waals surface area contributed by atoms with Crippen LogP contribution in [0.3, 0.4) is 0 Å². The quantitative estimate of drug-likeness (QED) is 0.107. The Hall–Kier alpha value is -8.04. The number of hydrogen-bond donors (Lipinski definition) is 3. The van der Waals surface area contributed by atoms with Crippen molar-refractivity contribution in [1.82, 2.24) is 0 Å². The molecule has 3 amide bonds. The Balaban J connectivity index is 1.24. The van der Waals surface area contributed by atoms with E-state index in [4.69, 9.17) is 0 Å². The lowest BCUT2D eigenvalue weighted by molar-refractivity contribution is 0.102. The first-order valence-corrected chi connectivity index (χ1v) is 17.9.